The third kappa shape index (κ3) is 4.15. The van der Waals surface area contributed by atoms with Crippen LogP contribution in [0.1, 0.15) is 0 Å². The lowest BCUT2D eigenvalue weighted by Gasteiger charge is -2.09. The molecule has 0 saturated carbocycles. The first kappa shape index (κ1) is 24.8. The van der Waals surface area contributed by atoms with Gasteiger partial charge in [-0.1, -0.05) is 109 Å². The largest absolute Gasteiger partial charge is 0.456 e. The SMILES string of the molecule is c1ccc(-c2nc(-c3ccccc3)nc(-c3cccc4oc5cc6nc(-c7ccc8ccccc8c7)sc6cc5c34)n2)cc1. The Morgan fingerprint density at radius 2 is 1.16 bits per heavy atom. The second kappa shape index (κ2) is 9.93. The van der Waals surface area contributed by atoms with Gasteiger partial charge in [0.1, 0.15) is 16.2 Å². The van der Waals surface area contributed by atoms with E-state index in [0.717, 1.165) is 59.4 Å². The number of aromatic nitrogens is 4. The summed E-state index contributed by atoms with van der Waals surface area (Å²) in [6.45, 7) is 0. The third-order valence-electron chi connectivity index (χ3n) is 7.94. The number of benzene rings is 6. The number of hydrogen-bond donors (Lipinski definition) is 0. The normalized spacial score (nSPS) is 11.6. The minimum absolute atomic E-state index is 0.604. The van der Waals surface area contributed by atoms with Crippen LogP contribution in [0.5, 0.6) is 0 Å². The first-order valence-corrected chi connectivity index (χ1v) is 15.2. The summed E-state index contributed by atoms with van der Waals surface area (Å²) in [4.78, 5) is 19.9. The van der Waals surface area contributed by atoms with Crippen LogP contribution in [-0.4, -0.2) is 19.9 Å². The van der Waals surface area contributed by atoms with E-state index in [4.69, 9.17) is 24.4 Å². The van der Waals surface area contributed by atoms with E-state index < -0.39 is 0 Å². The van der Waals surface area contributed by atoms with Crippen molar-refractivity contribution in [3.05, 3.63) is 133 Å². The molecule has 0 fully saturated rings. The van der Waals surface area contributed by atoms with Crippen LogP contribution in [0, 0.1) is 0 Å². The summed E-state index contributed by atoms with van der Waals surface area (Å²) in [7, 11) is 0. The highest BCUT2D eigenvalue weighted by Crippen LogP contribution is 2.40. The van der Waals surface area contributed by atoms with Gasteiger partial charge in [-0.05, 0) is 29.0 Å². The Morgan fingerprint density at radius 3 is 1.91 bits per heavy atom. The lowest BCUT2D eigenvalue weighted by molar-refractivity contribution is 0.669. The standard InChI is InChI=1S/C38H22N4OS/c1-3-11-24(12-4-1)35-40-36(25-13-5-2-6-14-25)42-37(41-35)28-16-9-17-31-34(28)29-21-33-30(22-32(29)43-31)39-38(44-33)27-19-18-23-10-7-8-15-26(23)20-27/h1-22H. The number of nitrogens with zero attached hydrogens (tertiary/aromatic N) is 4. The molecule has 206 valence electrons. The minimum atomic E-state index is 0.604. The molecule has 0 unspecified atom stereocenters. The summed E-state index contributed by atoms with van der Waals surface area (Å²) >= 11 is 1.69. The summed E-state index contributed by atoms with van der Waals surface area (Å²) < 4.78 is 7.52. The van der Waals surface area contributed by atoms with Crippen LogP contribution in [-0.2, 0) is 0 Å². The molecule has 0 aliphatic carbocycles. The number of hydrogen-bond acceptors (Lipinski definition) is 6. The van der Waals surface area contributed by atoms with E-state index in [1.165, 1.54) is 10.8 Å². The Balaban J connectivity index is 1.24. The Kier molecular flexibility index (Phi) is 5.61. The molecule has 0 bridgehead atoms. The molecule has 0 aliphatic heterocycles. The van der Waals surface area contributed by atoms with Gasteiger partial charge in [-0.25, -0.2) is 19.9 Å². The zero-order chi connectivity index (χ0) is 29.0. The van der Waals surface area contributed by atoms with Gasteiger partial charge in [0, 0.05) is 39.1 Å². The number of furan rings is 1. The quantitative estimate of drug-likeness (QED) is 0.207. The Bertz CT molecular complexity index is 2440. The molecule has 0 spiro atoms. The van der Waals surface area contributed by atoms with Crippen LogP contribution < -0.4 is 0 Å². The fraction of sp³-hybridized carbons (Fsp3) is 0. The summed E-state index contributed by atoms with van der Waals surface area (Å²) in [5, 5.41) is 5.41. The van der Waals surface area contributed by atoms with Crippen LogP contribution in [0.25, 0.3) is 87.7 Å². The smallest absolute Gasteiger partial charge is 0.164 e. The zero-order valence-corrected chi connectivity index (χ0v) is 24.1. The molecule has 0 amide bonds. The van der Waals surface area contributed by atoms with Crippen molar-refractivity contribution in [2.75, 3.05) is 0 Å². The maximum atomic E-state index is 6.42. The number of thiazole rings is 1. The van der Waals surface area contributed by atoms with Crippen LogP contribution >= 0.6 is 11.3 Å². The van der Waals surface area contributed by atoms with E-state index in [1.807, 2.05) is 78.9 Å². The molecule has 9 rings (SSSR count). The monoisotopic (exact) mass is 582 g/mol. The van der Waals surface area contributed by atoms with Gasteiger partial charge in [0.15, 0.2) is 17.5 Å². The molecule has 0 atom stereocenters. The van der Waals surface area contributed by atoms with Crippen molar-refractivity contribution >= 4 is 54.3 Å². The van der Waals surface area contributed by atoms with E-state index in [1.54, 1.807) is 11.3 Å². The van der Waals surface area contributed by atoms with Gasteiger partial charge in [-0.15, -0.1) is 11.3 Å². The van der Waals surface area contributed by atoms with Gasteiger partial charge >= 0.3 is 0 Å². The topological polar surface area (TPSA) is 64.7 Å². The molecular formula is C38H22N4OS. The van der Waals surface area contributed by atoms with Gasteiger partial charge in [-0.2, -0.15) is 0 Å². The first-order valence-electron chi connectivity index (χ1n) is 14.4. The fourth-order valence-corrected chi connectivity index (χ4v) is 6.79. The molecule has 5 nitrogen and oxygen atoms in total. The van der Waals surface area contributed by atoms with Gasteiger partial charge in [0.2, 0.25) is 0 Å². The minimum Gasteiger partial charge on any atom is -0.456 e. The first-order chi connectivity index (χ1) is 21.8. The zero-order valence-electron chi connectivity index (χ0n) is 23.3. The number of rotatable bonds is 4. The average molecular weight is 583 g/mol. The Hall–Kier alpha value is -5.72. The molecule has 3 heterocycles. The molecule has 3 aromatic heterocycles. The highest BCUT2D eigenvalue weighted by Gasteiger charge is 2.19. The third-order valence-corrected chi connectivity index (χ3v) is 9.01. The van der Waals surface area contributed by atoms with Crippen molar-refractivity contribution in [3.8, 4) is 44.7 Å². The Morgan fingerprint density at radius 1 is 0.477 bits per heavy atom. The summed E-state index contributed by atoms with van der Waals surface area (Å²) in [6, 6.07) is 45.3. The van der Waals surface area contributed by atoms with E-state index >= 15 is 0 Å². The van der Waals surface area contributed by atoms with Crippen molar-refractivity contribution < 1.29 is 4.42 Å². The van der Waals surface area contributed by atoms with Gasteiger partial charge in [0.05, 0.1) is 10.2 Å². The van der Waals surface area contributed by atoms with Crippen LogP contribution in [0.2, 0.25) is 0 Å². The fourth-order valence-electron chi connectivity index (χ4n) is 5.81. The molecule has 0 saturated heterocycles. The molecular weight excluding hydrogens is 561 g/mol. The second-order valence-electron chi connectivity index (χ2n) is 10.7. The van der Waals surface area contributed by atoms with Crippen LogP contribution in [0.4, 0.5) is 0 Å². The van der Waals surface area contributed by atoms with Crippen LogP contribution in [0.3, 0.4) is 0 Å². The lowest BCUT2D eigenvalue weighted by Crippen LogP contribution is -2.00. The number of fused-ring (bicyclic) bond motifs is 5. The molecule has 6 heteroatoms. The molecule has 9 aromatic rings. The van der Waals surface area contributed by atoms with Gasteiger partial charge in [0.25, 0.3) is 0 Å². The van der Waals surface area contributed by atoms with Crippen molar-refractivity contribution in [1.82, 2.24) is 19.9 Å². The molecule has 44 heavy (non-hydrogen) atoms. The average Bonchev–Trinajstić information content (AvgIpc) is 3.68. The molecule has 0 aliphatic rings. The van der Waals surface area contributed by atoms with Crippen molar-refractivity contribution in [2.24, 2.45) is 0 Å². The summed E-state index contributed by atoms with van der Waals surface area (Å²) in [5.74, 6) is 1.86. The predicted molar refractivity (Wildman–Crippen MR) is 180 cm³/mol. The maximum Gasteiger partial charge on any atom is 0.164 e. The highest BCUT2D eigenvalue weighted by atomic mass is 32.1. The maximum absolute atomic E-state index is 6.42. The van der Waals surface area contributed by atoms with Crippen molar-refractivity contribution in [1.29, 1.82) is 0 Å². The van der Waals surface area contributed by atoms with E-state index in [-0.39, 0.29) is 0 Å². The second-order valence-corrected chi connectivity index (χ2v) is 11.7. The molecule has 6 aromatic carbocycles. The molecule has 0 N–H and O–H groups in total. The summed E-state index contributed by atoms with van der Waals surface area (Å²) in [6.07, 6.45) is 0. The lowest BCUT2D eigenvalue weighted by atomic mass is 10.1. The van der Waals surface area contributed by atoms with E-state index in [2.05, 4.69) is 54.6 Å². The molecule has 0 radical (unpaired) electrons. The van der Waals surface area contributed by atoms with Gasteiger partial charge < -0.3 is 4.42 Å². The van der Waals surface area contributed by atoms with E-state index in [9.17, 15) is 0 Å². The van der Waals surface area contributed by atoms with Crippen molar-refractivity contribution in [3.63, 3.8) is 0 Å². The summed E-state index contributed by atoms with van der Waals surface area (Å²) in [5.41, 5.74) is 6.37. The van der Waals surface area contributed by atoms with Gasteiger partial charge in [-0.3, -0.25) is 0 Å². The van der Waals surface area contributed by atoms with E-state index in [0.29, 0.717) is 17.5 Å². The predicted octanol–water partition coefficient (Wildman–Crippen LogP) is 10.2. The van der Waals surface area contributed by atoms with Crippen LogP contribution in [0.15, 0.2) is 138 Å². The highest BCUT2D eigenvalue weighted by molar-refractivity contribution is 7.21. The Labute approximate surface area is 256 Å². The van der Waals surface area contributed by atoms with Crippen molar-refractivity contribution in [2.45, 2.75) is 0 Å².